The molecule has 1 aliphatic heterocycles. The van der Waals surface area contributed by atoms with Crippen LogP contribution in [-0.2, 0) is 14.4 Å². The first-order valence-corrected chi connectivity index (χ1v) is 4.46. The number of hydrogen-bond donors (Lipinski definition) is 1. The first-order valence-electron chi connectivity index (χ1n) is 4.46. The van der Waals surface area contributed by atoms with E-state index >= 15 is 0 Å². The lowest BCUT2D eigenvalue weighted by Crippen LogP contribution is -2.66. The van der Waals surface area contributed by atoms with Crippen LogP contribution in [0.4, 0.5) is 4.79 Å². The van der Waals surface area contributed by atoms with Gasteiger partial charge in [0.25, 0.3) is 5.91 Å². The van der Waals surface area contributed by atoms with Gasteiger partial charge in [0.05, 0.1) is 13.8 Å². The van der Waals surface area contributed by atoms with Gasteiger partial charge < -0.3 is 0 Å². The van der Waals surface area contributed by atoms with E-state index in [1.807, 2.05) is 5.32 Å². The molecule has 0 bridgehead atoms. The molecule has 82 valence electrons. The summed E-state index contributed by atoms with van der Waals surface area (Å²) in [4.78, 5) is 46.1. The molecule has 1 saturated heterocycles. The largest absolute Gasteiger partial charge is 0.439 e. The first kappa shape index (κ1) is 11.5. The lowest BCUT2D eigenvalue weighted by atomic mass is 10.00. The van der Waals surface area contributed by atoms with Crippen molar-refractivity contribution < 1.29 is 23.7 Å². The summed E-state index contributed by atoms with van der Waals surface area (Å²) in [7, 11) is 0. The van der Waals surface area contributed by atoms with Crippen molar-refractivity contribution in [2.24, 2.45) is 0 Å². The van der Waals surface area contributed by atoms with Crippen LogP contribution in [0, 0.1) is 0 Å². The molecule has 6 heteroatoms. The Morgan fingerprint density at radius 3 is 1.67 bits per heavy atom. The molecule has 0 unspecified atom stereocenters. The van der Waals surface area contributed by atoms with Crippen molar-refractivity contribution in [3.63, 3.8) is 0 Å². The van der Waals surface area contributed by atoms with Gasteiger partial charge in [0.15, 0.2) is 5.54 Å². The van der Waals surface area contributed by atoms with Crippen LogP contribution < -0.4 is 5.32 Å². The summed E-state index contributed by atoms with van der Waals surface area (Å²) in [6.07, 6.45) is 0. The van der Waals surface area contributed by atoms with Crippen molar-refractivity contribution in [1.29, 1.82) is 0 Å². The second kappa shape index (κ2) is 2.96. The molecule has 5 amide bonds. The molecule has 0 radical (unpaired) electrons. The third-order valence-electron chi connectivity index (χ3n) is 2.86. The molecule has 0 aromatic carbocycles. The highest BCUT2D eigenvalue weighted by Crippen LogP contribution is 2.31. The lowest BCUT2D eigenvalue weighted by Gasteiger charge is -2.32. The summed E-state index contributed by atoms with van der Waals surface area (Å²) >= 11 is 0. The zero-order valence-electron chi connectivity index (χ0n) is 9.08. The average molecular weight is 213 g/mol. The van der Waals surface area contributed by atoms with Crippen LogP contribution in [0.3, 0.4) is 0 Å². The Labute approximate surface area is 86.8 Å². The highest BCUT2D eigenvalue weighted by atomic mass is 16.2. The molecule has 0 saturated carbocycles. The molecule has 0 aromatic rings. The Balaban J connectivity index is 3.54. The van der Waals surface area contributed by atoms with Gasteiger partial charge in [-0.1, -0.05) is 0 Å². The van der Waals surface area contributed by atoms with E-state index in [9.17, 15) is 19.2 Å². The normalized spacial score (nSPS) is 22.4. The van der Waals surface area contributed by atoms with Crippen molar-refractivity contribution in [1.82, 2.24) is 5.32 Å². The van der Waals surface area contributed by atoms with Gasteiger partial charge in [0, 0.05) is 13.8 Å². The van der Waals surface area contributed by atoms with E-state index in [2.05, 4.69) is 0 Å². The Morgan fingerprint density at radius 1 is 1.13 bits per heavy atom. The molecular formula is C9H13N2O4+. The van der Waals surface area contributed by atoms with E-state index in [4.69, 9.17) is 0 Å². The smallest absolute Gasteiger partial charge is 0.267 e. The van der Waals surface area contributed by atoms with Gasteiger partial charge in [-0.2, -0.15) is 0 Å². The number of carbonyl (C=O) groups excluding carboxylic acids is 4. The second-order valence-electron chi connectivity index (χ2n) is 4.03. The zero-order valence-corrected chi connectivity index (χ0v) is 9.08. The minimum absolute atomic E-state index is 0.613. The van der Waals surface area contributed by atoms with E-state index in [1.54, 1.807) is 0 Å². The predicted octanol–water partition coefficient (Wildman–Crippen LogP) is -0.0754. The van der Waals surface area contributed by atoms with Crippen LogP contribution in [0.25, 0.3) is 0 Å². The minimum Gasteiger partial charge on any atom is -0.267 e. The SMILES string of the molecule is CC(=O)[N+]1(C(C)=O)C(=O)NC(=O)C1(C)C. The quantitative estimate of drug-likeness (QED) is 0.451. The molecule has 0 atom stereocenters. The van der Waals surface area contributed by atoms with Gasteiger partial charge in [0.2, 0.25) is 0 Å². The van der Waals surface area contributed by atoms with Gasteiger partial charge >= 0.3 is 17.8 Å². The summed E-state index contributed by atoms with van der Waals surface area (Å²) in [6, 6.07) is -0.870. The van der Waals surface area contributed by atoms with Crippen LogP contribution in [0.5, 0.6) is 0 Å². The number of carbonyl (C=O) groups is 4. The maximum absolute atomic E-state index is 11.6. The number of hydrogen-bond acceptors (Lipinski definition) is 4. The molecule has 1 rings (SSSR count). The number of imide groups is 4. The molecule has 0 aromatic heterocycles. The van der Waals surface area contributed by atoms with Gasteiger partial charge in [-0.05, 0) is 0 Å². The molecule has 1 N–H and O–H groups in total. The average Bonchev–Trinajstić information content (AvgIpc) is 2.18. The number of urea groups is 1. The molecule has 1 aliphatic rings. The van der Waals surface area contributed by atoms with Crippen LogP contribution in [0.2, 0.25) is 0 Å². The molecule has 6 nitrogen and oxygen atoms in total. The number of rotatable bonds is 0. The topological polar surface area (TPSA) is 80.3 Å². The second-order valence-corrected chi connectivity index (χ2v) is 4.03. The third-order valence-corrected chi connectivity index (χ3v) is 2.86. The fraction of sp³-hybridized carbons (Fsp3) is 0.556. The van der Waals surface area contributed by atoms with Crippen molar-refractivity contribution in [3.8, 4) is 0 Å². The number of nitrogens with one attached hydrogen (secondary N) is 1. The standard InChI is InChI=1S/C9H12N2O4/c1-5(12)11(6(2)13)8(15)10-7(14)9(11,3)4/h1-4H3/p+1. The van der Waals surface area contributed by atoms with Crippen LogP contribution in [-0.4, -0.2) is 33.8 Å². The van der Waals surface area contributed by atoms with E-state index < -0.39 is 33.8 Å². The highest BCUT2D eigenvalue weighted by molar-refractivity contribution is 6.11. The van der Waals surface area contributed by atoms with Crippen LogP contribution in [0.15, 0.2) is 0 Å². The minimum atomic E-state index is -1.38. The Kier molecular flexibility index (Phi) is 2.27. The molecular weight excluding hydrogens is 200 g/mol. The van der Waals surface area contributed by atoms with Gasteiger partial charge in [-0.15, -0.1) is 4.48 Å². The molecule has 0 aliphatic carbocycles. The van der Waals surface area contributed by atoms with Crippen molar-refractivity contribution in [3.05, 3.63) is 0 Å². The van der Waals surface area contributed by atoms with E-state index in [0.29, 0.717) is 0 Å². The molecule has 15 heavy (non-hydrogen) atoms. The summed E-state index contributed by atoms with van der Waals surface area (Å²) in [6.45, 7) is 5.05. The Hall–Kier alpha value is -1.56. The molecule has 1 fully saturated rings. The Morgan fingerprint density at radius 2 is 1.53 bits per heavy atom. The van der Waals surface area contributed by atoms with E-state index in [1.165, 1.54) is 13.8 Å². The highest BCUT2D eigenvalue weighted by Gasteiger charge is 2.68. The van der Waals surface area contributed by atoms with Crippen LogP contribution in [0.1, 0.15) is 27.7 Å². The maximum atomic E-state index is 11.6. The van der Waals surface area contributed by atoms with Crippen molar-refractivity contribution in [2.75, 3.05) is 0 Å². The Bertz CT molecular complexity index is 370. The number of amides is 5. The van der Waals surface area contributed by atoms with Crippen molar-refractivity contribution in [2.45, 2.75) is 33.2 Å². The van der Waals surface area contributed by atoms with Crippen LogP contribution >= 0.6 is 0 Å². The summed E-state index contributed by atoms with van der Waals surface area (Å²) in [5.74, 6) is -1.93. The van der Waals surface area contributed by atoms with Gasteiger partial charge in [-0.25, -0.2) is 19.7 Å². The molecule has 0 spiro atoms. The third kappa shape index (κ3) is 1.08. The summed E-state index contributed by atoms with van der Waals surface area (Å²) in [5, 5.41) is 2.01. The van der Waals surface area contributed by atoms with Gasteiger partial charge in [0.1, 0.15) is 0 Å². The fourth-order valence-corrected chi connectivity index (χ4v) is 2.04. The predicted molar refractivity (Wildman–Crippen MR) is 49.2 cm³/mol. The first-order chi connectivity index (χ1) is 6.69. The molecule has 1 heterocycles. The summed E-state index contributed by atoms with van der Waals surface area (Å²) in [5.41, 5.74) is -1.38. The fourth-order valence-electron chi connectivity index (χ4n) is 2.04. The van der Waals surface area contributed by atoms with Crippen molar-refractivity contribution >= 4 is 23.8 Å². The van der Waals surface area contributed by atoms with E-state index in [0.717, 1.165) is 13.8 Å². The van der Waals surface area contributed by atoms with E-state index in [-0.39, 0.29) is 0 Å². The lowest BCUT2D eigenvalue weighted by molar-refractivity contribution is -0.731. The monoisotopic (exact) mass is 213 g/mol. The number of quaternary nitrogens is 1. The van der Waals surface area contributed by atoms with Gasteiger partial charge in [-0.3, -0.25) is 4.79 Å². The maximum Gasteiger partial charge on any atom is 0.439 e. The number of nitrogens with zero attached hydrogens (tertiary/aromatic N) is 1. The summed E-state index contributed by atoms with van der Waals surface area (Å²) < 4.78 is -1.09. The zero-order chi connectivity index (χ0) is 12.0.